The monoisotopic (exact) mass is 347 g/mol. The van der Waals surface area contributed by atoms with E-state index in [4.69, 9.17) is 0 Å². The highest BCUT2D eigenvalue weighted by molar-refractivity contribution is 7.16. The lowest BCUT2D eigenvalue weighted by molar-refractivity contribution is 0.111. The number of imidazole rings is 1. The second kappa shape index (κ2) is 6.61. The second-order valence-corrected chi connectivity index (χ2v) is 6.91. The number of aldehydes is 1. The summed E-state index contributed by atoms with van der Waals surface area (Å²) in [6.45, 7) is 2.12. The van der Waals surface area contributed by atoms with Crippen LogP contribution < -0.4 is 0 Å². The van der Waals surface area contributed by atoms with Crippen LogP contribution in [0.15, 0.2) is 54.6 Å². The summed E-state index contributed by atoms with van der Waals surface area (Å²) in [6.07, 6.45) is 2.58. The SMILES string of the molecule is CCc1ccc(-c2nc3sc(Cc4ccccc4)nn3c2C=O)cc1. The Labute approximate surface area is 149 Å². The molecule has 4 rings (SSSR count). The second-order valence-electron chi connectivity index (χ2n) is 5.87. The van der Waals surface area contributed by atoms with Crippen molar-refractivity contribution in [3.8, 4) is 11.3 Å². The topological polar surface area (TPSA) is 47.3 Å². The van der Waals surface area contributed by atoms with Crippen molar-refractivity contribution >= 4 is 22.6 Å². The third kappa shape index (κ3) is 2.98. The zero-order chi connectivity index (χ0) is 17.2. The molecule has 4 aromatic rings. The lowest BCUT2D eigenvalue weighted by Crippen LogP contribution is -1.96. The zero-order valence-electron chi connectivity index (χ0n) is 13.8. The molecule has 0 unspecified atom stereocenters. The third-order valence-electron chi connectivity index (χ3n) is 4.23. The molecule has 0 amide bonds. The fraction of sp³-hybridized carbons (Fsp3) is 0.150. The Morgan fingerprint density at radius 2 is 1.80 bits per heavy atom. The van der Waals surface area contributed by atoms with Crippen LogP contribution in [0, 0.1) is 0 Å². The molecule has 0 bridgehead atoms. The molecule has 124 valence electrons. The van der Waals surface area contributed by atoms with Gasteiger partial charge in [-0.05, 0) is 17.5 Å². The van der Waals surface area contributed by atoms with Gasteiger partial charge in [0.25, 0.3) is 0 Å². The number of aromatic nitrogens is 3. The van der Waals surface area contributed by atoms with Gasteiger partial charge in [0.05, 0.1) is 0 Å². The van der Waals surface area contributed by atoms with Crippen molar-refractivity contribution in [2.75, 3.05) is 0 Å². The number of nitrogens with zero attached hydrogens (tertiary/aromatic N) is 3. The predicted octanol–water partition coefficient (Wildman–Crippen LogP) is 4.42. The summed E-state index contributed by atoms with van der Waals surface area (Å²) in [5.74, 6) is 0. The van der Waals surface area contributed by atoms with Crippen LogP contribution in [0.4, 0.5) is 0 Å². The zero-order valence-corrected chi connectivity index (χ0v) is 14.7. The first kappa shape index (κ1) is 15.7. The van der Waals surface area contributed by atoms with Gasteiger partial charge in [-0.15, -0.1) is 0 Å². The maximum atomic E-state index is 11.7. The quantitative estimate of drug-likeness (QED) is 0.502. The Morgan fingerprint density at radius 3 is 2.48 bits per heavy atom. The molecular formula is C20H17N3OS. The normalized spacial score (nSPS) is 11.1. The minimum Gasteiger partial charge on any atom is -0.296 e. The number of aryl methyl sites for hydroxylation is 1. The van der Waals surface area contributed by atoms with Crippen LogP contribution in [0.2, 0.25) is 0 Å². The molecule has 2 aromatic heterocycles. The molecule has 0 fully saturated rings. The van der Waals surface area contributed by atoms with Crippen LogP contribution >= 0.6 is 11.3 Å². The van der Waals surface area contributed by atoms with Gasteiger partial charge in [-0.1, -0.05) is 72.9 Å². The molecule has 2 aromatic carbocycles. The van der Waals surface area contributed by atoms with Crippen molar-refractivity contribution in [3.05, 3.63) is 76.4 Å². The van der Waals surface area contributed by atoms with Crippen molar-refractivity contribution < 1.29 is 4.79 Å². The van der Waals surface area contributed by atoms with Crippen molar-refractivity contribution in [2.24, 2.45) is 0 Å². The van der Waals surface area contributed by atoms with Gasteiger partial charge in [-0.25, -0.2) is 4.98 Å². The number of hydrogen-bond acceptors (Lipinski definition) is 4. The molecule has 5 heteroatoms. The Balaban J connectivity index is 1.72. The van der Waals surface area contributed by atoms with E-state index in [-0.39, 0.29) is 0 Å². The molecule has 2 heterocycles. The number of rotatable bonds is 5. The summed E-state index contributed by atoms with van der Waals surface area (Å²) >= 11 is 1.53. The van der Waals surface area contributed by atoms with E-state index in [0.717, 1.165) is 34.7 Å². The van der Waals surface area contributed by atoms with Crippen molar-refractivity contribution in [2.45, 2.75) is 19.8 Å². The summed E-state index contributed by atoms with van der Waals surface area (Å²) in [5.41, 5.74) is 4.61. The number of benzene rings is 2. The van der Waals surface area contributed by atoms with Crippen molar-refractivity contribution in [1.82, 2.24) is 14.6 Å². The number of carbonyl (C=O) groups is 1. The summed E-state index contributed by atoms with van der Waals surface area (Å²) in [7, 11) is 0. The van der Waals surface area contributed by atoms with Gasteiger partial charge >= 0.3 is 0 Å². The van der Waals surface area contributed by atoms with E-state index < -0.39 is 0 Å². The van der Waals surface area contributed by atoms with Crippen LogP contribution in [0.1, 0.15) is 33.5 Å². The Morgan fingerprint density at radius 1 is 1.04 bits per heavy atom. The molecule has 0 spiro atoms. The molecule has 0 aliphatic carbocycles. The molecule has 0 saturated heterocycles. The molecule has 25 heavy (non-hydrogen) atoms. The summed E-state index contributed by atoms with van der Waals surface area (Å²) in [6, 6.07) is 18.4. The standard InChI is InChI=1S/C20H17N3OS/c1-2-14-8-10-16(11-9-14)19-17(13-24)23-20(21-19)25-18(22-23)12-15-6-4-3-5-7-15/h3-11,13H,2,12H2,1H3. The van der Waals surface area contributed by atoms with E-state index in [1.807, 2.05) is 30.3 Å². The van der Waals surface area contributed by atoms with E-state index in [1.165, 1.54) is 22.5 Å². The van der Waals surface area contributed by atoms with Crippen LogP contribution in [0.3, 0.4) is 0 Å². The molecule has 4 nitrogen and oxygen atoms in total. The smallest absolute Gasteiger partial charge is 0.213 e. The maximum Gasteiger partial charge on any atom is 0.213 e. The lowest BCUT2D eigenvalue weighted by Gasteiger charge is -2.01. The first-order valence-corrected chi connectivity index (χ1v) is 9.07. The third-order valence-corrected chi connectivity index (χ3v) is 5.13. The highest BCUT2D eigenvalue weighted by Gasteiger charge is 2.17. The van der Waals surface area contributed by atoms with Gasteiger partial charge < -0.3 is 0 Å². The Kier molecular flexibility index (Phi) is 4.15. The van der Waals surface area contributed by atoms with E-state index in [1.54, 1.807) is 4.52 Å². The molecule has 0 N–H and O–H groups in total. The van der Waals surface area contributed by atoms with Gasteiger partial charge in [0, 0.05) is 12.0 Å². The lowest BCUT2D eigenvalue weighted by atomic mass is 10.1. The minimum atomic E-state index is 0.509. The molecule has 0 saturated carbocycles. The van der Waals surface area contributed by atoms with Crippen molar-refractivity contribution in [1.29, 1.82) is 0 Å². The van der Waals surface area contributed by atoms with Gasteiger partial charge in [0.2, 0.25) is 4.96 Å². The Bertz CT molecular complexity index is 1020. The summed E-state index contributed by atoms with van der Waals surface area (Å²) in [5, 5.41) is 5.55. The first-order chi connectivity index (χ1) is 12.3. The summed E-state index contributed by atoms with van der Waals surface area (Å²) < 4.78 is 1.67. The molecule has 0 radical (unpaired) electrons. The van der Waals surface area contributed by atoms with Gasteiger partial charge in [0.15, 0.2) is 6.29 Å². The highest BCUT2D eigenvalue weighted by atomic mass is 32.1. The minimum absolute atomic E-state index is 0.509. The fourth-order valence-electron chi connectivity index (χ4n) is 2.86. The average molecular weight is 347 g/mol. The van der Waals surface area contributed by atoms with E-state index >= 15 is 0 Å². The molecule has 0 aliphatic rings. The van der Waals surface area contributed by atoms with Crippen molar-refractivity contribution in [3.63, 3.8) is 0 Å². The molecular weight excluding hydrogens is 330 g/mol. The molecule has 0 atom stereocenters. The Hall–Kier alpha value is -2.79. The number of carbonyl (C=O) groups excluding carboxylic acids is 1. The van der Waals surface area contributed by atoms with Crippen LogP contribution in [0.5, 0.6) is 0 Å². The number of hydrogen-bond donors (Lipinski definition) is 0. The average Bonchev–Trinajstić information content (AvgIpc) is 3.19. The van der Waals surface area contributed by atoms with Gasteiger partial charge in [-0.2, -0.15) is 9.61 Å². The predicted molar refractivity (Wildman–Crippen MR) is 100 cm³/mol. The summed E-state index contributed by atoms with van der Waals surface area (Å²) in [4.78, 5) is 17.1. The van der Waals surface area contributed by atoms with E-state index in [9.17, 15) is 4.79 Å². The van der Waals surface area contributed by atoms with Gasteiger partial charge in [0.1, 0.15) is 16.4 Å². The van der Waals surface area contributed by atoms with E-state index in [0.29, 0.717) is 11.4 Å². The van der Waals surface area contributed by atoms with Crippen LogP contribution in [-0.4, -0.2) is 20.9 Å². The fourth-order valence-corrected chi connectivity index (χ4v) is 3.80. The number of fused-ring (bicyclic) bond motifs is 1. The largest absolute Gasteiger partial charge is 0.296 e. The van der Waals surface area contributed by atoms with Crippen LogP contribution in [-0.2, 0) is 12.8 Å². The molecule has 0 aliphatic heterocycles. The van der Waals surface area contributed by atoms with Crippen LogP contribution in [0.25, 0.3) is 16.2 Å². The highest BCUT2D eigenvalue weighted by Crippen LogP contribution is 2.27. The maximum absolute atomic E-state index is 11.7. The van der Waals surface area contributed by atoms with E-state index in [2.05, 4.69) is 41.3 Å². The first-order valence-electron chi connectivity index (χ1n) is 8.25. The van der Waals surface area contributed by atoms with Gasteiger partial charge in [-0.3, -0.25) is 4.79 Å².